The van der Waals surface area contributed by atoms with Crippen molar-refractivity contribution in [2.45, 2.75) is 32.4 Å². The first-order chi connectivity index (χ1) is 8.13. The smallest absolute Gasteiger partial charge is 0.0658 e. The Hall–Kier alpha value is -0.0600. The first kappa shape index (κ1) is 13.4. The number of anilines is 1. The molecule has 1 aliphatic rings. The lowest BCUT2D eigenvalue weighted by Crippen LogP contribution is -2.55. The van der Waals surface area contributed by atoms with Gasteiger partial charge in [0.1, 0.15) is 0 Å². The Morgan fingerprint density at radius 1 is 1.35 bits per heavy atom. The molecule has 0 radical (unpaired) electrons. The van der Waals surface area contributed by atoms with Crippen molar-refractivity contribution >= 4 is 37.5 Å². The molecule has 1 fully saturated rings. The van der Waals surface area contributed by atoms with Crippen molar-refractivity contribution in [1.82, 2.24) is 5.32 Å². The van der Waals surface area contributed by atoms with E-state index < -0.39 is 0 Å². The lowest BCUT2D eigenvalue weighted by atomic mass is 10.1. The second-order valence-corrected chi connectivity index (χ2v) is 6.30. The van der Waals surface area contributed by atoms with Crippen molar-refractivity contribution < 1.29 is 0 Å². The van der Waals surface area contributed by atoms with Gasteiger partial charge in [0.15, 0.2) is 0 Å². The van der Waals surface area contributed by atoms with Gasteiger partial charge in [0.05, 0.1) is 5.69 Å². The van der Waals surface area contributed by atoms with E-state index in [-0.39, 0.29) is 0 Å². The first-order valence-corrected chi connectivity index (χ1v) is 7.66. The molecular weight excluding hydrogens is 344 g/mol. The molecule has 1 N–H and O–H groups in total. The van der Waals surface area contributed by atoms with E-state index in [9.17, 15) is 0 Å². The summed E-state index contributed by atoms with van der Waals surface area (Å²) in [5.41, 5.74) is 1.28. The number of nitrogens with one attached hydrogen (secondary N) is 1. The van der Waals surface area contributed by atoms with Crippen molar-refractivity contribution in [3.05, 3.63) is 27.1 Å². The Morgan fingerprint density at radius 2 is 2.00 bits per heavy atom. The minimum atomic E-state index is 0.539. The molecule has 0 amide bonds. The Labute approximate surface area is 120 Å². The average Bonchev–Trinajstić information content (AvgIpc) is 2.29. The van der Waals surface area contributed by atoms with E-state index in [1.807, 2.05) is 0 Å². The summed E-state index contributed by atoms with van der Waals surface area (Å²) < 4.78 is 2.33. The summed E-state index contributed by atoms with van der Waals surface area (Å²) in [7, 11) is 0. The van der Waals surface area contributed by atoms with Crippen LogP contribution in [0.3, 0.4) is 0 Å². The quantitative estimate of drug-likeness (QED) is 0.862. The molecule has 1 aliphatic heterocycles. The summed E-state index contributed by atoms with van der Waals surface area (Å²) in [6, 6.07) is 7.39. The van der Waals surface area contributed by atoms with Crippen LogP contribution in [0.1, 0.15) is 20.3 Å². The van der Waals surface area contributed by atoms with E-state index in [4.69, 9.17) is 0 Å². The third kappa shape index (κ3) is 2.85. The first-order valence-electron chi connectivity index (χ1n) is 6.07. The van der Waals surface area contributed by atoms with Crippen LogP contribution in [0.4, 0.5) is 5.69 Å². The van der Waals surface area contributed by atoms with Crippen molar-refractivity contribution in [2.24, 2.45) is 0 Å². The van der Waals surface area contributed by atoms with E-state index >= 15 is 0 Å². The number of para-hydroxylation sites is 1. The van der Waals surface area contributed by atoms with Crippen LogP contribution >= 0.6 is 31.9 Å². The van der Waals surface area contributed by atoms with Crippen LogP contribution in [0.5, 0.6) is 0 Å². The number of rotatable bonds is 2. The molecule has 1 heterocycles. The lowest BCUT2D eigenvalue weighted by Gasteiger charge is -2.41. The van der Waals surface area contributed by atoms with Crippen LogP contribution < -0.4 is 10.2 Å². The minimum absolute atomic E-state index is 0.539. The fourth-order valence-corrected chi connectivity index (χ4v) is 3.81. The van der Waals surface area contributed by atoms with Gasteiger partial charge in [-0.25, -0.2) is 0 Å². The molecule has 0 aliphatic carbocycles. The molecule has 4 heteroatoms. The maximum atomic E-state index is 3.67. The fourth-order valence-electron chi connectivity index (χ4n) is 2.36. The van der Waals surface area contributed by atoms with Gasteiger partial charge in [0.2, 0.25) is 0 Å². The second kappa shape index (κ2) is 5.72. The van der Waals surface area contributed by atoms with Crippen LogP contribution in [0, 0.1) is 0 Å². The minimum Gasteiger partial charge on any atom is -0.364 e. The van der Waals surface area contributed by atoms with Crippen LogP contribution in [0.25, 0.3) is 0 Å². The SMILES string of the molecule is CCC1CNC(C)CN1c1c(Br)cccc1Br. The highest BCUT2D eigenvalue weighted by Gasteiger charge is 2.27. The number of hydrogen-bond acceptors (Lipinski definition) is 2. The van der Waals surface area contributed by atoms with Crippen molar-refractivity contribution in [3.8, 4) is 0 Å². The molecule has 1 aromatic carbocycles. The predicted molar refractivity (Wildman–Crippen MR) is 80.7 cm³/mol. The maximum absolute atomic E-state index is 3.67. The van der Waals surface area contributed by atoms with Gasteiger partial charge in [0.25, 0.3) is 0 Å². The molecular formula is C13H18Br2N2. The molecule has 0 spiro atoms. The van der Waals surface area contributed by atoms with Crippen LogP contribution in [0.2, 0.25) is 0 Å². The monoisotopic (exact) mass is 360 g/mol. The van der Waals surface area contributed by atoms with E-state index in [1.54, 1.807) is 0 Å². The molecule has 0 bridgehead atoms. The lowest BCUT2D eigenvalue weighted by molar-refractivity contribution is 0.402. The molecule has 0 aromatic heterocycles. The predicted octanol–water partition coefficient (Wildman–Crippen LogP) is 3.79. The molecule has 2 nitrogen and oxygen atoms in total. The van der Waals surface area contributed by atoms with Crippen LogP contribution in [-0.2, 0) is 0 Å². The summed E-state index contributed by atoms with van der Waals surface area (Å²) in [4.78, 5) is 2.51. The van der Waals surface area contributed by atoms with E-state index in [2.05, 4.69) is 74.1 Å². The standard InChI is InChI=1S/C13H18Br2N2/c1-3-10-7-16-9(2)8-17(10)13-11(14)5-4-6-12(13)15/h4-6,9-10,16H,3,7-8H2,1-2H3. The van der Waals surface area contributed by atoms with Crippen LogP contribution in [0.15, 0.2) is 27.1 Å². The summed E-state index contributed by atoms with van der Waals surface area (Å²) in [6.07, 6.45) is 1.16. The molecule has 1 aromatic rings. The summed E-state index contributed by atoms with van der Waals surface area (Å²) >= 11 is 7.33. The number of hydrogen-bond donors (Lipinski definition) is 1. The van der Waals surface area contributed by atoms with Gasteiger partial charge in [-0.05, 0) is 57.3 Å². The second-order valence-electron chi connectivity index (χ2n) is 4.59. The fraction of sp³-hybridized carbons (Fsp3) is 0.538. The molecule has 2 unspecified atom stereocenters. The molecule has 94 valence electrons. The number of halogens is 2. The third-order valence-electron chi connectivity index (χ3n) is 3.31. The highest BCUT2D eigenvalue weighted by Crippen LogP contribution is 2.36. The molecule has 17 heavy (non-hydrogen) atoms. The number of benzene rings is 1. The van der Waals surface area contributed by atoms with Gasteiger partial charge in [-0.15, -0.1) is 0 Å². The third-order valence-corrected chi connectivity index (χ3v) is 4.59. The van der Waals surface area contributed by atoms with Gasteiger partial charge in [-0.2, -0.15) is 0 Å². The zero-order valence-corrected chi connectivity index (χ0v) is 13.4. The molecule has 0 saturated carbocycles. The van der Waals surface area contributed by atoms with Crippen molar-refractivity contribution in [1.29, 1.82) is 0 Å². The van der Waals surface area contributed by atoms with Gasteiger partial charge < -0.3 is 10.2 Å². The van der Waals surface area contributed by atoms with Gasteiger partial charge in [-0.1, -0.05) is 13.0 Å². The Kier molecular flexibility index (Phi) is 4.50. The van der Waals surface area contributed by atoms with Crippen molar-refractivity contribution in [2.75, 3.05) is 18.0 Å². The van der Waals surface area contributed by atoms with Crippen molar-refractivity contribution in [3.63, 3.8) is 0 Å². The van der Waals surface area contributed by atoms with E-state index in [0.717, 1.165) is 19.5 Å². The summed E-state index contributed by atoms with van der Waals surface area (Å²) in [6.45, 7) is 6.61. The van der Waals surface area contributed by atoms with E-state index in [1.165, 1.54) is 14.6 Å². The highest BCUT2D eigenvalue weighted by atomic mass is 79.9. The van der Waals surface area contributed by atoms with Crippen LogP contribution in [-0.4, -0.2) is 25.2 Å². The highest BCUT2D eigenvalue weighted by molar-refractivity contribution is 9.11. The zero-order chi connectivity index (χ0) is 12.4. The largest absolute Gasteiger partial charge is 0.364 e. The summed E-state index contributed by atoms with van der Waals surface area (Å²) in [5, 5.41) is 3.55. The maximum Gasteiger partial charge on any atom is 0.0658 e. The summed E-state index contributed by atoms with van der Waals surface area (Å²) in [5.74, 6) is 0. The Morgan fingerprint density at radius 3 is 2.59 bits per heavy atom. The van der Waals surface area contributed by atoms with Gasteiger partial charge in [-0.3, -0.25) is 0 Å². The van der Waals surface area contributed by atoms with Gasteiger partial charge >= 0.3 is 0 Å². The molecule has 2 rings (SSSR count). The normalized spacial score (nSPS) is 25.1. The van der Waals surface area contributed by atoms with E-state index in [0.29, 0.717) is 12.1 Å². The topological polar surface area (TPSA) is 15.3 Å². The molecule has 2 atom stereocenters. The average molecular weight is 362 g/mol. The number of nitrogens with zero attached hydrogens (tertiary/aromatic N) is 1. The Bertz CT molecular complexity index is 375. The molecule has 1 saturated heterocycles. The van der Waals surface area contributed by atoms with Gasteiger partial charge in [0, 0.05) is 34.1 Å². The Balaban J connectivity index is 2.35. The zero-order valence-electron chi connectivity index (χ0n) is 10.2. The number of piperazine rings is 1.